The van der Waals surface area contributed by atoms with Crippen LogP contribution in [-0.4, -0.2) is 73.1 Å². The van der Waals surface area contributed by atoms with Gasteiger partial charge in [0, 0.05) is 39.1 Å². The molecular weight excluding hydrogens is 464 g/mol. The second-order valence-corrected chi connectivity index (χ2v) is 11.7. The van der Waals surface area contributed by atoms with E-state index < -0.39 is 9.84 Å². The molecule has 2 fully saturated rings. The number of morpholine rings is 1. The Morgan fingerprint density at radius 1 is 1.17 bits per heavy atom. The standard InChI is InChI=1S/C26H38N4O4S/c1-21-7-6-8-23(17-21)20-35(32,33)26-27-18-25(30(26)24-9-4-3-5-10-24)19-29(22(2)31)12-11-28-13-15-34-16-14-28/h6-8,17-18,24H,3-5,9-16,19-20H2,1-2H3. The first kappa shape index (κ1) is 25.9. The summed E-state index contributed by atoms with van der Waals surface area (Å²) in [7, 11) is -3.65. The molecule has 192 valence electrons. The van der Waals surface area contributed by atoms with Crippen LogP contribution in [0.1, 0.15) is 61.9 Å². The van der Waals surface area contributed by atoms with Crippen molar-refractivity contribution in [3.63, 3.8) is 0 Å². The Hall–Kier alpha value is -2.23. The third-order valence-electron chi connectivity index (χ3n) is 7.08. The lowest BCUT2D eigenvalue weighted by Gasteiger charge is -2.31. The molecule has 1 aliphatic carbocycles. The number of imidazole rings is 1. The van der Waals surface area contributed by atoms with Gasteiger partial charge in [-0.05, 0) is 25.3 Å². The number of rotatable bonds is 9. The van der Waals surface area contributed by atoms with Gasteiger partial charge in [0.25, 0.3) is 0 Å². The van der Waals surface area contributed by atoms with E-state index in [-0.39, 0.29) is 22.9 Å². The first-order valence-corrected chi connectivity index (χ1v) is 14.4. The molecular formula is C26H38N4O4S. The number of carbonyl (C=O) groups excluding carboxylic acids is 1. The lowest BCUT2D eigenvalue weighted by atomic mass is 9.95. The topological polar surface area (TPSA) is 84.7 Å². The van der Waals surface area contributed by atoms with E-state index in [4.69, 9.17) is 4.74 Å². The van der Waals surface area contributed by atoms with Gasteiger partial charge in [-0.2, -0.15) is 0 Å². The minimum atomic E-state index is -3.65. The first-order chi connectivity index (χ1) is 16.8. The van der Waals surface area contributed by atoms with Gasteiger partial charge >= 0.3 is 0 Å². The first-order valence-electron chi connectivity index (χ1n) is 12.7. The summed E-state index contributed by atoms with van der Waals surface area (Å²) < 4.78 is 34.5. The fourth-order valence-electron chi connectivity index (χ4n) is 5.17. The van der Waals surface area contributed by atoms with Gasteiger partial charge in [0.2, 0.25) is 20.9 Å². The number of ether oxygens (including phenoxy) is 1. The highest BCUT2D eigenvalue weighted by Gasteiger charge is 2.30. The van der Waals surface area contributed by atoms with Crippen molar-refractivity contribution in [3.8, 4) is 0 Å². The number of hydrogen-bond acceptors (Lipinski definition) is 6. The number of nitrogens with zero attached hydrogens (tertiary/aromatic N) is 4. The van der Waals surface area contributed by atoms with Crippen LogP contribution in [0.15, 0.2) is 35.6 Å². The fourth-order valence-corrected chi connectivity index (χ4v) is 6.70. The summed E-state index contributed by atoms with van der Waals surface area (Å²) in [6.45, 7) is 8.45. The van der Waals surface area contributed by atoms with Crippen LogP contribution in [0.25, 0.3) is 0 Å². The molecule has 9 heteroatoms. The molecule has 1 aromatic heterocycles. The Bertz CT molecular complexity index is 1100. The lowest BCUT2D eigenvalue weighted by Crippen LogP contribution is -2.42. The minimum Gasteiger partial charge on any atom is -0.379 e. The molecule has 1 aliphatic heterocycles. The molecule has 35 heavy (non-hydrogen) atoms. The molecule has 8 nitrogen and oxygen atoms in total. The van der Waals surface area contributed by atoms with Crippen LogP contribution in [0.3, 0.4) is 0 Å². The van der Waals surface area contributed by atoms with Crippen LogP contribution in [0.4, 0.5) is 0 Å². The maximum atomic E-state index is 13.6. The van der Waals surface area contributed by atoms with Gasteiger partial charge in [-0.25, -0.2) is 13.4 Å². The highest BCUT2D eigenvalue weighted by molar-refractivity contribution is 7.90. The third kappa shape index (κ3) is 6.71. The summed E-state index contributed by atoms with van der Waals surface area (Å²) in [5, 5.41) is 0.137. The molecule has 0 N–H and O–H groups in total. The van der Waals surface area contributed by atoms with E-state index in [0.29, 0.717) is 13.1 Å². The number of sulfone groups is 1. The van der Waals surface area contributed by atoms with Gasteiger partial charge < -0.3 is 14.2 Å². The van der Waals surface area contributed by atoms with E-state index in [1.165, 1.54) is 6.42 Å². The van der Waals surface area contributed by atoms with E-state index in [1.807, 2.05) is 40.7 Å². The summed E-state index contributed by atoms with van der Waals surface area (Å²) in [5.74, 6) is -0.0930. The molecule has 1 saturated heterocycles. The summed E-state index contributed by atoms with van der Waals surface area (Å²) in [6.07, 6.45) is 6.86. The van der Waals surface area contributed by atoms with Gasteiger partial charge in [0.15, 0.2) is 0 Å². The molecule has 4 rings (SSSR count). The molecule has 0 unspecified atom stereocenters. The van der Waals surface area contributed by atoms with Crippen molar-refractivity contribution in [2.45, 2.75) is 69.4 Å². The van der Waals surface area contributed by atoms with Crippen molar-refractivity contribution in [1.82, 2.24) is 19.4 Å². The van der Waals surface area contributed by atoms with Crippen molar-refractivity contribution in [2.75, 3.05) is 39.4 Å². The summed E-state index contributed by atoms with van der Waals surface area (Å²) in [6, 6.07) is 7.71. The van der Waals surface area contributed by atoms with Crippen LogP contribution in [0.5, 0.6) is 0 Å². The highest BCUT2D eigenvalue weighted by atomic mass is 32.2. The van der Waals surface area contributed by atoms with Crippen molar-refractivity contribution in [1.29, 1.82) is 0 Å². The average molecular weight is 503 g/mol. The SMILES string of the molecule is CC(=O)N(CCN1CCOCC1)Cc1cnc(S(=O)(=O)Cc2cccc(C)c2)n1C1CCCCC1. The number of carbonyl (C=O) groups is 1. The Morgan fingerprint density at radius 2 is 1.91 bits per heavy atom. The number of aryl methyl sites for hydroxylation is 1. The lowest BCUT2D eigenvalue weighted by molar-refractivity contribution is -0.129. The van der Waals surface area contributed by atoms with E-state index >= 15 is 0 Å². The molecule has 1 amide bonds. The van der Waals surface area contributed by atoms with Gasteiger partial charge in [-0.15, -0.1) is 0 Å². The minimum absolute atomic E-state index is 0.0150. The van der Waals surface area contributed by atoms with E-state index in [1.54, 1.807) is 13.1 Å². The molecule has 2 aliphatic rings. The van der Waals surface area contributed by atoms with E-state index in [0.717, 1.165) is 75.4 Å². The van der Waals surface area contributed by atoms with Crippen LogP contribution >= 0.6 is 0 Å². The van der Waals surface area contributed by atoms with Crippen LogP contribution in [0.2, 0.25) is 0 Å². The number of benzene rings is 1. The van der Waals surface area contributed by atoms with Crippen molar-refractivity contribution in [3.05, 3.63) is 47.3 Å². The van der Waals surface area contributed by atoms with Crippen LogP contribution < -0.4 is 0 Å². The summed E-state index contributed by atoms with van der Waals surface area (Å²) in [4.78, 5) is 21.1. The molecule has 2 aromatic rings. The number of hydrogen-bond donors (Lipinski definition) is 0. The zero-order valence-corrected chi connectivity index (χ0v) is 21.8. The fraction of sp³-hybridized carbons (Fsp3) is 0.615. The second kappa shape index (κ2) is 11.7. The Morgan fingerprint density at radius 3 is 2.60 bits per heavy atom. The van der Waals surface area contributed by atoms with Crippen LogP contribution in [-0.2, 0) is 31.7 Å². The summed E-state index contributed by atoms with van der Waals surface area (Å²) in [5.41, 5.74) is 2.60. The van der Waals surface area contributed by atoms with Crippen molar-refractivity contribution >= 4 is 15.7 Å². The summed E-state index contributed by atoms with van der Waals surface area (Å²) >= 11 is 0. The largest absolute Gasteiger partial charge is 0.379 e. The van der Waals surface area contributed by atoms with Crippen LogP contribution in [0, 0.1) is 6.92 Å². The predicted molar refractivity (Wildman–Crippen MR) is 135 cm³/mol. The molecule has 1 saturated carbocycles. The molecule has 0 bridgehead atoms. The maximum absolute atomic E-state index is 13.6. The number of amides is 1. The molecule has 2 heterocycles. The maximum Gasteiger partial charge on any atom is 0.228 e. The monoisotopic (exact) mass is 502 g/mol. The van der Waals surface area contributed by atoms with E-state index in [9.17, 15) is 13.2 Å². The number of aromatic nitrogens is 2. The van der Waals surface area contributed by atoms with Crippen molar-refractivity contribution < 1.29 is 17.9 Å². The van der Waals surface area contributed by atoms with E-state index in [2.05, 4.69) is 9.88 Å². The average Bonchev–Trinajstić information content (AvgIpc) is 3.27. The zero-order valence-electron chi connectivity index (χ0n) is 21.0. The quantitative estimate of drug-likeness (QED) is 0.523. The second-order valence-electron chi connectivity index (χ2n) is 9.84. The van der Waals surface area contributed by atoms with Crippen molar-refractivity contribution in [2.24, 2.45) is 0 Å². The normalized spacial score (nSPS) is 18.0. The van der Waals surface area contributed by atoms with Gasteiger partial charge in [0.05, 0.1) is 37.4 Å². The van der Waals surface area contributed by atoms with Gasteiger partial charge in [0.1, 0.15) is 0 Å². The van der Waals surface area contributed by atoms with Gasteiger partial charge in [-0.3, -0.25) is 9.69 Å². The molecule has 0 spiro atoms. The Balaban J connectivity index is 1.59. The molecule has 0 atom stereocenters. The highest BCUT2D eigenvalue weighted by Crippen LogP contribution is 2.33. The van der Waals surface area contributed by atoms with Gasteiger partial charge in [-0.1, -0.05) is 49.1 Å². The molecule has 1 aromatic carbocycles. The Labute approximate surface area is 209 Å². The Kier molecular flexibility index (Phi) is 8.62. The molecule has 0 radical (unpaired) electrons. The third-order valence-corrected chi connectivity index (χ3v) is 8.66. The zero-order chi connectivity index (χ0) is 24.8. The smallest absolute Gasteiger partial charge is 0.228 e. The predicted octanol–water partition coefficient (Wildman–Crippen LogP) is 3.35.